The van der Waals surface area contributed by atoms with E-state index in [0.717, 1.165) is 15.4 Å². The molecule has 0 bridgehead atoms. The highest BCUT2D eigenvalue weighted by molar-refractivity contribution is 9.10. The smallest absolute Gasteiger partial charge is 0.282 e. The molecule has 0 saturated carbocycles. The number of nitro benzene ring substituents is 1. The van der Waals surface area contributed by atoms with Crippen LogP contribution in [-0.4, -0.2) is 20.8 Å². The normalized spacial score (nSPS) is 11.5. The van der Waals surface area contributed by atoms with Crippen molar-refractivity contribution < 1.29 is 14.1 Å². The van der Waals surface area contributed by atoms with Crippen molar-refractivity contribution in [3.8, 4) is 17.3 Å². The summed E-state index contributed by atoms with van der Waals surface area (Å²) in [5.41, 5.74) is 2.13. The van der Waals surface area contributed by atoms with Gasteiger partial charge in [-0.3, -0.25) is 14.9 Å². The molecule has 12 heteroatoms. The van der Waals surface area contributed by atoms with Crippen LogP contribution in [0.4, 0.5) is 5.69 Å². The van der Waals surface area contributed by atoms with Crippen LogP contribution in [-0.2, 0) is 6.61 Å². The van der Waals surface area contributed by atoms with Crippen molar-refractivity contribution in [1.82, 2.24) is 9.66 Å². The summed E-state index contributed by atoms with van der Waals surface area (Å²) < 4.78 is 14.6. The van der Waals surface area contributed by atoms with Gasteiger partial charge in [0.2, 0.25) is 5.82 Å². The maximum absolute atomic E-state index is 13.5. The monoisotopic (exact) mass is 706 g/mol. The maximum atomic E-state index is 13.5. The standard InChI is InChI=1S/C30H17Br2ClN4O5/c31-20-7-10-26-19(13-20)14-27(42-26)29-35-25-4-2-1-3-22(25)30(38)36(29)34-15-18-11-23(32)28(24(33)12-18)41-16-17-5-8-21(9-6-17)37(39)40/h1-15H,16H2. The second kappa shape index (κ2) is 11.5. The van der Waals surface area contributed by atoms with Crippen molar-refractivity contribution in [2.45, 2.75) is 6.61 Å². The Balaban J connectivity index is 1.34. The van der Waals surface area contributed by atoms with Gasteiger partial charge >= 0.3 is 0 Å². The molecule has 0 aliphatic rings. The molecule has 0 radical (unpaired) electrons. The molecule has 0 N–H and O–H groups in total. The molecule has 6 rings (SSSR count). The van der Waals surface area contributed by atoms with Gasteiger partial charge in [-0.1, -0.05) is 39.7 Å². The molecule has 0 saturated heterocycles. The third-order valence-corrected chi connectivity index (χ3v) is 7.69. The number of aromatic nitrogens is 2. The quantitative estimate of drug-likeness (QED) is 0.0936. The van der Waals surface area contributed by atoms with Gasteiger partial charge in [0.1, 0.15) is 12.2 Å². The molecular formula is C30H17Br2ClN4O5. The topological polar surface area (TPSA) is 113 Å². The molecule has 42 heavy (non-hydrogen) atoms. The number of furan rings is 1. The van der Waals surface area contributed by atoms with Gasteiger partial charge in [-0.15, -0.1) is 0 Å². The van der Waals surface area contributed by atoms with E-state index in [4.69, 9.17) is 25.7 Å². The summed E-state index contributed by atoms with van der Waals surface area (Å²) in [6.07, 6.45) is 1.50. The van der Waals surface area contributed by atoms with Gasteiger partial charge in [0, 0.05) is 22.0 Å². The van der Waals surface area contributed by atoms with E-state index in [-0.39, 0.29) is 23.7 Å². The number of halogens is 3. The summed E-state index contributed by atoms with van der Waals surface area (Å²) in [7, 11) is 0. The molecule has 0 spiro atoms. The number of hydrogen-bond donors (Lipinski definition) is 0. The number of benzene rings is 4. The highest BCUT2D eigenvalue weighted by Crippen LogP contribution is 2.35. The van der Waals surface area contributed by atoms with Crippen LogP contribution in [0.25, 0.3) is 33.5 Å². The Morgan fingerprint density at radius 2 is 1.83 bits per heavy atom. The molecule has 6 aromatic rings. The molecule has 0 aliphatic heterocycles. The van der Waals surface area contributed by atoms with Crippen LogP contribution in [0.2, 0.25) is 5.02 Å². The first-order chi connectivity index (χ1) is 20.3. The summed E-state index contributed by atoms with van der Waals surface area (Å²) in [6, 6.07) is 23.9. The minimum Gasteiger partial charge on any atom is -0.486 e. The Bertz CT molecular complexity index is 2070. The summed E-state index contributed by atoms with van der Waals surface area (Å²) in [4.78, 5) is 28.7. The van der Waals surface area contributed by atoms with Gasteiger partial charge in [0.05, 0.1) is 31.5 Å². The lowest BCUT2D eigenvalue weighted by molar-refractivity contribution is -0.384. The zero-order valence-corrected chi connectivity index (χ0v) is 25.3. The lowest BCUT2D eigenvalue weighted by Gasteiger charge is -2.11. The Morgan fingerprint density at radius 1 is 1.05 bits per heavy atom. The fourth-order valence-corrected chi connectivity index (χ4v) is 5.67. The molecule has 0 atom stereocenters. The lowest BCUT2D eigenvalue weighted by Crippen LogP contribution is -2.20. The van der Waals surface area contributed by atoms with Gasteiger partial charge < -0.3 is 9.15 Å². The number of rotatable bonds is 7. The van der Waals surface area contributed by atoms with Crippen LogP contribution in [0.15, 0.2) is 108 Å². The molecule has 2 aromatic heterocycles. The Kier molecular flexibility index (Phi) is 7.63. The first kappa shape index (κ1) is 27.8. The second-order valence-corrected chi connectivity index (χ2v) is 11.3. The van der Waals surface area contributed by atoms with E-state index in [2.05, 4.69) is 37.0 Å². The Labute approximate surface area is 259 Å². The molecule has 2 heterocycles. The van der Waals surface area contributed by atoms with Gasteiger partial charge in [-0.2, -0.15) is 9.78 Å². The molecule has 0 unspecified atom stereocenters. The summed E-state index contributed by atoms with van der Waals surface area (Å²) in [6.45, 7) is 0.152. The van der Waals surface area contributed by atoms with Crippen molar-refractivity contribution in [2.75, 3.05) is 0 Å². The van der Waals surface area contributed by atoms with Gasteiger partial charge in [0.15, 0.2) is 11.5 Å². The number of nitrogens with zero attached hydrogens (tertiary/aromatic N) is 4. The minimum atomic E-state index is -0.459. The molecule has 9 nitrogen and oxygen atoms in total. The summed E-state index contributed by atoms with van der Waals surface area (Å²) in [5.74, 6) is 1.03. The van der Waals surface area contributed by atoms with Gasteiger partial charge in [-0.05, 0) is 87.7 Å². The van der Waals surface area contributed by atoms with Gasteiger partial charge in [-0.25, -0.2) is 4.98 Å². The van der Waals surface area contributed by atoms with Crippen molar-refractivity contribution in [1.29, 1.82) is 0 Å². The number of fused-ring (bicyclic) bond motifs is 2. The average Bonchev–Trinajstić information content (AvgIpc) is 3.39. The number of non-ortho nitro benzene ring substituents is 1. The van der Waals surface area contributed by atoms with Crippen molar-refractivity contribution in [3.63, 3.8) is 0 Å². The van der Waals surface area contributed by atoms with Crippen molar-refractivity contribution in [3.05, 3.63) is 130 Å². The maximum Gasteiger partial charge on any atom is 0.282 e. The molecule has 4 aromatic carbocycles. The molecule has 0 aliphatic carbocycles. The van der Waals surface area contributed by atoms with E-state index in [1.165, 1.54) is 23.0 Å². The fraction of sp³-hybridized carbons (Fsp3) is 0.0333. The van der Waals surface area contributed by atoms with Crippen LogP contribution in [0.1, 0.15) is 11.1 Å². The second-order valence-electron chi connectivity index (χ2n) is 9.13. The number of hydrogen-bond acceptors (Lipinski definition) is 7. The van der Waals surface area contributed by atoms with E-state index in [9.17, 15) is 14.9 Å². The first-order valence-corrected chi connectivity index (χ1v) is 14.3. The van der Waals surface area contributed by atoms with Gasteiger partial charge in [0.25, 0.3) is 11.2 Å². The zero-order chi connectivity index (χ0) is 29.4. The van der Waals surface area contributed by atoms with Crippen LogP contribution in [0.5, 0.6) is 5.75 Å². The Morgan fingerprint density at radius 3 is 2.60 bits per heavy atom. The number of nitro groups is 1. The minimum absolute atomic E-state index is 0.00104. The lowest BCUT2D eigenvalue weighted by atomic mass is 10.2. The summed E-state index contributed by atoms with van der Waals surface area (Å²) in [5, 5.41) is 16.9. The van der Waals surface area contributed by atoms with Crippen LogP contribution in [0, 0.1) is 10.1 Å². The van der Waals surface area contributed by atoms with E-state index < -0.39 is 4.92 Å². The molecular weight excluding hydrogens is 692 g/mol. The van der Waals surface area contributed by atoms with E-state index in [1.54, 1.807) is 42.5 Å². The van der Waals surface area contributed by atoms with E-state index in [0.29, 0.717) is 43.1 Å². The predicted octanol–water partition coefficient (Wildman–Crippen LogP) is 8.36. The van der Waals surface area contributed by atoms with E-state index >= 15 is 0 Å². The zero-order valence-electron chi connectivity index (χ0n) is 21.3. The third-order valence-electron chi connectivity index (χ3n) is 6.33. The number of para-hydroxylation sites is 1. The average molecular weight is 709 g/mol. The molecule has 0 fully saturated rings. The van der Waals surface area contributed by atoms with Crippen LogP contribution in [0.3, 0.4) is 0 Å². The molecule has 208 valence electrons. The van der Waals surface area contributed by atoms with Crippen LogP contribution >= 0.6 is 43.5 Å². The highest BCUT2D eigenvalue weighted by Gasteiger charge is 2.17. The van der Waals surface area contributed by atoms with Crippen LogP contribution < -0.4 is 10.3 Å². The molecule has 0 amide bonds. The number of ether oxygens (including phenoxy) is 1. The fourth-order valence-electron chi connectivity index (χ4n) is 4.30. The first-order valence-electron chi connectivity index (χ1n) is 12.4. The van der Waals surface area contributed by atoms with Crippen molar-refractivity contribution >= 4 is 77.2 Å². The predicted molar refractivity (Wildman–Crippen MR) is 168 cm³/mol. The van der Waals surface area contributed by atoms with E-state index in [1.807, 2.05) is 30.3 Å². The summed E-state index contributed by atoms with van der Waals surface area (Å²) >= 11 is 13.5. The SMILES string of the molecule is O=c1c2ccccc2nc(-c2cc3cc(Br)ccc3o2)n1N=Cc1cc(Cl)c(OCc2ccc([N+](=O)[O-])cc2)c(Br)c1. The highest BCUT2D eigenvalue weighted by atomic mass is 79.9. The third kappa shape index (κ3) is 5.58. The Hall–Kier alpha value is -4.32. The van der Waals surface area contributed by atoms with Crippen molar-refractivity contribution in [2.24, 2.45) is 5.10 Å². The largest absolute Gasteiger partial charge is 0.486 e.